The third-order valence-corrected chi connectivity index (χ3v) is 5.02. The summed E-state index contributed by atoms with van der Waals surface area (Å²) in [5.41, 5.74) is 2.45. The standard InChI is InChI=1S/C17H20N2O3S/c1-9(2)16-18-8-13(23-16)15(20)19-14(17(21)22)12-7-5-6-10(3)11(12)4/h5-9,14H,1-4H3,(H,19,20)(H,21,22). The minimum atomic E-state index is -1.08. The molecule has 0 saturated carbocycles. The van der Waals surface area contributed by atoms with E-state index in [1.54, 1.807) is 12.1 Å². The van der Waals surface area contributed by atoms with Gasteiger partial charge in [0.1, 0.15) is 4.88 Å². The normalized spacial score (nSPS) is 12.2. The zero-order chi connectivity index (χ0) is 17.1. The lowest BCUT2D eigenvalue weighted by atomic mass is 9.97. The van der Waals surface area contributed by atoms with E-state index in [-0.39, 0.29) is 5.92 Å². The first-order valence-electron chi connectivity index (χ1n) is 7.36. The Bertz CT molecular complexity index is 737. The molecule has 6 heteroatoms. The van der Waals surface area contributed by atoms with E-state index in [1.165, 1.54) is 17.5 Å². The second kappa shape index (κ2) is 6.91. The largest absolute Gasteiger partial charge is 0.479 e. The van der Waals surface area contributed by atoms with Crippen LogP contribution in [0.1, 0.15) is 57.2 Å². The lowest BCUT2D eigenvalue weighted by Crippen LogP contribution is -2.33. The van der Waals surface area contributed by atoms with Crippen LogP contribution in [0.5, 0.6) is 0 Å². The molecule has 5 nitrogen and oxygen atoms in total. The van der Waals surface area contributed by atoms with E-state index in [4.69, 9.17) is 0 Å². The Morgan fingerprint density at radius 2 is 1.96 bits per heavy atom. The average Bonchev–Trinajstić information content (AvgIpc) is 2.98. The van der Waals surface area contributed by atoms with Crippen molar-refractivity contribution in [1.29, 1.82) is 0 Å². The van der Waals surface area contributed by atoms with Crippen molar-refractivity contribution in [3.63, 3.8) is 0 Å². The van der Waals surface area contributed by atoms with Gasteiger partial charge in [0.2, 0.25) is 0 Å². The summed E-state index contributed by atoms with van der Waals surface area (Å²) in [6.07, 6.45) is 1.50. The smallest absolute Gasteiger partial charge is 0.330 e. The Morgan fingerprint density at radius 1 is 1.26 bits per heavy atom. The Kier molecular flexibility index (Phi) is 5.15. The van der Waals surface area contributed by atoms with Gasteiger partial charge in [0.05, 0.1) is 11.2 Å². The topological polar surface area (TPSA) is 79.3 Å². The van der Waals surface area contributed by atoms with Crippen molar-refractivity contribution in [3.05, 3.63) is 51.0 Å². The van der Waals surface area contributed by atoms with E-state index in [9.17, 15) is 14.7 Å². The highest BCUT2D eigenvalue weighted by atomic mass is 32.1. The number of aromatic nitrogens is 1. The predicted octanol–water partition coefficient (Wildman–Crippen LogP) is 3.44. The van der Waals surface area contributed by atoms with Gasteiger partial charge in [-0.1, -0.05) is 32.0 Å². The summed E-state index contributed by atoms with van der Waals surface area (Å²) < 4.78 is 0. The Hall–Kier alpha value is -2.21. The van der Waals surface area contributed by atoms with Crippen molar-refractivity contribution in [1.82, 2.24) is 10.3 Å². The number of thiazole rings is 1. The summed E-state index contributed by atoms with van der Waals surface area (Å²) in [4.78, 5) is 28.6. The van der Waals surface area contributed by atoms with Crippen molar-refractivity contribution in [2.45, 2.75) is 39.7 Å². The molecular formula is C17H20N2O3S. The SMILES string of the molecule is Cc1cccc(C(NC(=O)c2cnc(C(C)C)s2)C(=O)O)c1C. The van der Waals surface area contributed by atoms with Crippen LogP contribution in [0.15, 0.2) is 24.4 Å². The first-order valence-corrected chi connectivity index (χ1v) is 8.18. The fourth-order valence-electron chi connectivity index (χ4n) is 2.22. The minimum Gasteiger partial charge on any atom is -0.479 e. The van der Waals surface area contributed by atoms with Gasteiger partial charge in [-0.25, -0.2) is 9.78 Å². The van der Waals surface area contributed by atoms with Crippen LogP contribution < -0.4 is 5.32 Å². The molecular weight excluding hydrogens is 312 g/mol. The number of aliphatic carboxylic acids is 1. The van der Waals surface area contributed by atoms with E-state index >= 15 is 0 Å². The van der Waals surface area contributed by atoms with Crippen LogP contribution in [-0.4, -0.2) is 22.0 Å². The molecule has 2 rings (SSSR count). The fraction of sp³-hybridized carbons (Fsp3) is 0.353. The van der Waals surface area contributed by atoms with Gasteiger partial charge in [-0.3, -0.25) is 4.79 Å². The molecule has 1 aromatic carbocycles. The van der Waals surface area contributed by atoms with Crippen molar-refractivity contribution >= 4 is 23.2 Å². The molecule has 1 amide bonds. The molecule has 1 atom stereocenters. The van der Waals surface area contributed by atoms with Crippen molar-refractivity contribution in [3.8, 4) is 0 Å². The molecule has 2 aromatic rings. The molecule has 0 aliphatic carbocycles. The number of nitrogens with one attached hydrogen (secondary N) is 1. The number of carbonyl (C=O) groups excluding carboxylic acids is 1. The van der Waals surface area contributed by atoms with Crippen molar-refractivity contribution < 1.29 is 14.7 Å². The Balaban J connectivity index is 2.27. The first-order chi connectivity index (χ1) is 10.8. The highest BCUT2D eigenvalue weighted by molar-refractivity contribution is 7.13. The molecule has 0 spiro atoms. The quantitative estimate of drug-likeness (QED) is 0.879. The van der Waals surface area contributed by atoms with Crippen molar-refractivity contribution in [2.24, 2.45) is 0 Å². The summed E-state index contributed by atoms with van der Waals surface area (Å²) in [7, 11) is 0. The number of carbonyl (C=O) groups is 2. The van der Waals surface area contributed by atoms with Gasteiger partial charge in [-0.2, -0.15) is 0 Å². The van der Waals surface area contributed by atoms with Gasteiger partial charge < -0.3 is 10.4 Å². The highest BCUT2D eigenvalue weighted by Crippen LogP contribution is 2.24. The molecule has 1 unspecified atom stereocenters. The van der Waals surface area contributed by atoms with E-state index in [1.807, 2.05) is 33.8 Å². The van der Waals surface area contributed by atoms with Gasteiger partial charge in [0.25, 0.3) is 5.91 Å². The lowest BCUT2D eigenvalue weighted by molar-refractivity contribution is -0.139. The van der Waals surface area contributed by atoms with Gasteiger partial charge >= 0.3 is 5.97 Å². The molecule has 0 aliphatic rings. The maximum atomic E-state index is 12.4. The number of amides is 1. The maximum Gasteiger partial charge on any atom is 0.330 e. The molecule has 0 aliphatic heterocycles. The predicted molar refractivity (Wildman–Crippen MR) is 90.0 cm³/mol. The molecule has 0 saturated heterocycles. The summed E-state index contributed by atoms with van der Waals surface area (Å²) in [5, 5.41) is 13.0. The van der Waals surface area contributed by atoms with E-state index in [0.717, 1.165) is 16.1 Å². The second-order valence-corrected chi connectivity index (χ2v) is 6.81. The third kappa shape index (κ3) is 3.76. The van der Waals surface area contributed by atoms with Crippen LogP contribution >= 0.6 is 11.3 Å². The number of nitrogens with zero attached hydrogens (tertiary/aromatic N) is 1. The van der Waals surface area contributed by atoms with Crippen LogP contribution in [0.3, 0.4) is 0 Å². The molecule has 0 radical (unpaired) electrons. The molecule has 23 heavy (non-hydrogen) atoms. The number of benzene rings is 1. The number of hydrogen-bond donors (Lipinski definition) is 2. The maximum absolute atomic E-state index is 12.4. The molecule has 0 bridgehead atoms. The van der Waals surface area contributed by atoms with E-state index in [0.29, 0.717) is 10.4 Å². The number of rotatable bonds is 5. The summed E-state index contributed by atoms with van der Waals surface area (Å²) >= 11 is 1.29. The zero-order valence-electron chi connectivity index (χ0n) is 13.6. The molecule has 2 N–H and O–H groups in total. The second-order valence-electron chi connectivity index (χ2n) is 5.75. The third-order valence-electron chi connectivity index (χ3n) is 3.72. The molecule has 1 aromatic heterocycles. The molecule has 1 heterocycles. The van der Waals surface area contributed by atoms with E-state index < -0.39 is 17.9 Å². The van der Waals surface area contributed by atoms with Gasteiger partial charge in [0.15, 0.2) is 6.04 Å². The fourth-order valence-corrected chi connectivity index (χ4v) is 3.04. The summed E-state index contributed by atoms with van der Waals surface area (Å²) in [6, 6.07) is 4.36. The Morgan fingerprint density at radius 3 is 2.52 bits per heavy atom. The van der Waals surface area contributed by atoms with E-state index in [2.05, 4.69) is 10.3 Å². The van der Waals surface area contributed by atoms with Crippen LogP contribution in [0, 0.1) is 13.8 Å². The van der Waals surface area contributed by atoms with Crippen molar-refractivity contribution in [2.75, 3.05) is 0 Å². The minimum absolute atomic E-state index is 0.232. The highest BCUT2D eigenvalue weighted by Gasteiger charge is 2.25. The summed E-state index contributed by atoms with van der Waals surface area (Å²) in [6.45, 7) is 7.77. The number of aryl methyl sites for hydroxylation is 1. The van der Waals surface area contributed by atoms with Crippen LogP contribution in [0.4, 0.5) is 0 Å². The van der Waals surface area contributed by atoms with Gasteiger partial charge in [-0.15, -0.1) is 11.3 Å². The first kappa shape index (κ1) is 17.1. The van der Waals surface area contributed by atoms with Gasteiger partial charge in [0, 0.05) is 5.92 Å². The number of hydrogen-bond acceptors (Lipinski definition) is 4. The number of carboxylic acids is 1. The molecule has 122 valence electrons. The van der Waals surface area contributed by atoms with Crippen LogP contribution in [0.25, 0.3) is 0 Å². The van der Waals surface area contributed by atoms with Crippen LogP contribution in [0.2, 0.25) is 0 Å². The van der Waals surface area contributed by atoms with Crippen LogP contribution in [-0.2, 0) is 4.79 Å². The molecule has 0 fully saturated rings. The lowest BCUT2D eigenvalue weighted by Gasteiger charge is -2.17. The summed E-state index contributed by atoms with van der Waals surface area (Å²) in [5.74, 6) is -1.26. The zero-order valence-corrected chi connectivity index (χ0v) is 14.4. The number of carboxylic acid groups (broad SMARTS) is 1. The Labute approximate surface area is 139 Å². The van der Waals surface area contributed by atoms with Gasteiger partial charge in [-0.05, 0) is 30.5 Å². The monoisotopic (exact) mass is 332 g/mol. The average molecular weight is 332 g/mol.